The van der Waals surface area contributed by atoms with Crippen LogP contribution in [0.4, 0.5) is 11.4 Å². The van der Waals surface area contributed by atoms with Gasteiger partial charge in [-0.05, 0) is 48.2 Å². The Morgan fingerprint density at radius 1 is 0.848 bits per heavy atom. The molecule has 0 N–H and O–H groups in total. The minimum absolute atomic E-state index is 0.0517. The fourth-order valence-corrected chi connectivity index (χ4v) is 4.26. The number of fused-ring (bicyclic) bond motifs is 3. The molecule has 1 aliphatic heterocycles. The Hall–Kier alpha value is -4.13. The van der Waals surface area contributed by atoms with Crippen molar-refractivity contribution in [1.82, 2.24) is 4.57 Å². The topological polar surface area (TPSA) is 81.7 Å². The highest BCUT2D eigenvalue weighted by atomic mass is 16.5. The second kappa shape index (κ2) is 8.78. The average molecular weight is 442 g/mol. The Bertz CT molecular complexity index is 1350. The number of anilines is 2. The zero-order chi connectivity index (χ0) is 22.8. The molecule has 0 aliphatic carbocycles. The van der Waals surface area contributed by atoms with E-state index in [4.69, 9.17) is 9.15 Å². The summed E-state index contributed by atoms with van der Waals surface area (Å²) in [7, 11) is 0. The molecule has 0 saturated carbocycles. The molecule has 1 amide bonds. The Balaban J connectivity index is 1.30. The second-order valence-corrected chi connectivity index (χ2v) is 7.88. The minimum atomic E-state index is -0.558. The summed E-state index contributed by atoms with van der Waals surface area (Å²) >= 11 is 0. The lowest BCUT2D eigenvalue weighted by Gasteiger charge is -2.24. The van der Waals surface area contributed by atoms with Gasteiger partial charge in [0.2, 0.25) is 0 Å². The number of rotatable bonds is 5. The average Bonchev–Trinajstić information content (AvgIpc) is 3.05. The van der Waals surface area contributed by atoms with Gasteiger partial charge in [-0.25, -0.2) is 4.79 Å². The highest BCUT2D eigenvalue weighted by Gasteiger charge is 2.26. The number of ether oxygens (including phenoxy) is 1. The van der Waals surface area contributed by atoms with Gasteiger partial charge in [-0.3, -0.25) is 19.1 Å². The molecule has 0 spiro atoms. The predicted octanol–water partition coefficient (Wildman–Crippen LogP) is 3.99. The lowest BCUT2D eigenvalue weighted by molar-refractivity contribution is -0.147. The largest absolute Gasteiger partial charge is 0.455 e. The molecule has 0 saturated heterocycles. The number of benzene rings is 3. The fourth-order valence-electron chi connectivity index (χ4n) is 4.26. The number of aromatic nitrogens is 1. The van der Waals surface area contributed by atoms with Gasteiger partial charge in [0.1, 0.15) is 0 Å². The maximum Gasteiger partial charge on any atom is 0.419 e. The van der Waals surface area contributed by atoms with Gasteiger partial charge in [-0.15, -0.1) is 0 Å². The first-order chi connectivity index (χ1) is 16.1. The molecule has 0 radical (unpaired) electrons. The van der Waals surface area contributed by atoms with Crippen LogP contribution >= 0.6 is 0 Å². The van der Waals surface area contributed by atoms with Crippen LogP contribution in [0.3, 0.4) is 0 Å². The highest BCUT2D eigenvalue weighted by molar-refractivity contribution is 6.03. The van der Waals surface area contributed by atoms with Crippen molar-refractivity contribution in [2.24, 2.45) is 0 Å². The molecule has 7 nitrogen and oxygen atoms in total. The standard InChI is InChI=1S/C26H22N2O5/c29-24(17-32-25(30)15-16-27-22-11-5-6-12-23(22)33-26(27)31)28-20-9-3-1-7-18(20)13-14-19-8-2-4-10-21(19)28/h1-12H,13-17H2. The van der Waals surface area contributed by atoms with E-state index >= 15 is 0 Å². The molecule has 3 aromatic carbocycles. The molecule has 166 valence electrons. The zero-order valence-corrected chi connectivity index (χ0v) is 17.9. The summed E-state index contributed by atoms with van der Waals surface area (Å²) < 4.78 is 11.9. The fraction of sp³-hybridized carbons (Fsp3) is 0.192. The van der Waals surface area contributed by atoms with Crippen LogP contribution in [-0.2, 0) is 33.7 Å². The van der Waals surface area contributed by atoms with Crippen molar-refractivity contribution in [1.29, 1.82) is 0 Å². The molecule has 0 bridgehead atoms. The van der Waals surface area contributed by atoms with E-state index in [9.17, 15) is 14.4 Å². The van der Waals surface area contributed by atoms with Crippen molar-refractivity contribution in [2.75, 3.05) is 11.5 Å². The van der Waals surface area contributed by atoms with E-state index < -0.39 is 11.7 Å². The van der Waals surface area contributed by atoms with Crippen molar-refractivity contribution in [3.63, 3.8) is 0 Å². The molecule has 2 heterocycles. The molecule has 33 heavy (non-hydrogen) atoms. The number of esters is 1. The quantitative estimate of drug-likeness (QED) is 0.437. The third-order valence-electron chi connectivity index (χ3n) is 5.85. The number of hydrogen-bond donors (Lipinski definition) is 0. The van der Waals surface area contributed by atoms with Crippen LogP contribution in [0.5, 0.6) is 0 Å². The summed E-state index contributed by atoms with van der Waals surface area (Å²) in [5.74, 6) is -1.41. The van der Waals surface area contributed by atoms with Gasteiger partial charge in [-0.1, -0.05) is 48.5 Å². The van der Waals surface area contributed by atoms with E-state index in [0.29, 0.717) is 11.1 Å². The van der Waals surface area contributed by atoms with Gasteiger partial charge >= 0.3 is 11.7 Å². The van der Waals surface area contributed by atoms with Gasteiger partial charge < -0.3 is 9.15 Å². The van der Waals surface area contributed by atoms with E-state index in [2.05, 4.69) is 0 Å². The van der Waals surface area contributed by atoms with Crippen molar-refractivity contribution < 1.29 is 18.7 Å². The van der Waals surface area contributed by atoms with Crippen molar-refractivity contribution in [3.05, 3.63) is 94.5 Å². The Morgan fingerprint density at radius 3 is 2.15 bits per heavy atom. The lowest BCUT2D eigenvalue weighted by Crippen LogP contribution is -2.31. The maximum atomic E-state index is 13.2. The van der Waals surface area contributed by atoms with E-state index in [1.54, 1.807) is 29.2 Å². The number of para-hydroxylation sites is 4. The first-order valence-electron chi connectivity index (χ1n) is 10.8. The van der Waals surface area contributed by atoms with Gasteiger partial charge in [0.05, 0.1) is 23.3 Å². The van der Waals surface area contributed by atoms with Crippen molar-refractivity contribution in [2.45, 2.75) is 25.8 Å². The SMILES string of the molecule is O=C(CCn1c(=O)oc2ccccc21)OCC(=O)N1c2ccccc2CCc2ccccc21. The summed E-state index contributed by atoms with van der Waals surface area (Å²) in [4.78, 5) is 39.3. The first kappa shape index (κ1) is 20.8. The smallest absolute Gasteiger partial charge is 0.419 e. The molecular formula is C26H22N2O5. The van der Waals surface area contributed by atoms with E-state index in [1.165, 1.54) is 4.57 Å². The molecular weight excluding hydrogens is 420 g/mol. The van der Waals surface area contributed by atoms with E-state index in [1.807, 2.05) is 48.5 Å². The van der Waals surface area contributed by atoms with Gasteiger partial charge in [0, 0.05) is 6.54 Å². The molecule has 1 aliphatic rings. The number of amides is 1. The number of oxazole rings is 1. The molecule has 1 aromatic heterocycles. The zero-order valence-electron chi connectivity index (χ0n) is 17.9. The minimum Gasteiger partial charge on any atom is -0.455 e. The number of nitrogens with zero attached hydrogens (tertiary/aromatic N) is 2. The van der Waals surface area contributed by atoms with Gasteiger partial charge in [-0.2, -0.15) is 0 Å². The van der Waals surface area contributed by atoms with Crippen LogP contribution in [0.1, 0.15) is 17.5 Å². The van der Waals surface area contributed by atoms with Crippen molar-refractivity contribution in [3.8, 4) is 0 Å². The second-order valence-electron chi connectivity index (χ2n) is 7.88. The Kier molecular flexibility index (Phi) is 5.52. The van der Waals surface area contributed by atoms with Gasteiger partial charge in [0.25, 0.3) is 5.91 Å². The summed E-state index contributed by atoms with van der Waals surface area (Å²) in [6.45, 7) is -0.277. The van der Waals surface area contributed by atoms with E-state index in [-0.39, 0.29) is 25.5 Å². The number of carbonyl (C=O) groups excluding carboxylic acids is 2. The summed E-state index contributed by atoms with van der Waals surface area (Å²) in [6, 6.07) is 22.6. The van der Waals surface area contributed by atoms with Crippen LogP contribution < -0.4 is 10.7 Å². The van der Waals surface area contributed by atoms with Crippen LogP contribution in [-0.4, -0.2) is 23.1 Å². The maximum absolute atomic E-state index is 13.2. The number of carbonyl (C=O) groups is 2. The predicted molar refractivity (Wildman–Crippen MR) is 123 cm³/mol. The van der Waals surface area contributed by atoms with Crippen molar-refractivity contribution >= 4 is 34.4 Å². The first-order valence-corrected chi connectivity index (χ1v) is 10.8. The summed E-state index contributed by atoms with van der Waals surface area (Å²) in [5, 5.41) is 0. The molecule has 5 rings (SSSR count). The monoisotopic (exact) mass is 442 g/mol. The van der Waals surface area contributed by atoms with Gasteiger partial charge in [0.15, 0.2) is 12.2 Å². The summed E-state index contributed by atoms with van der Waals surface area (Å²) in [6.07, 6.45) is 1.60. The molecule has 4 aromatic rings. The Labute approximate surface area is 189 Å². The van der Waals surface area contributed by atoms with Crippen LogP contribution in [0.25, 0.3) is 11.1 Å². The van der Waals surface area contributed by atoms with Crippen LogP contribution in [0.15, 0.2) is 82.0 Å². The normalized spacial score (nSPS) is 12.7. The third-order valence-corrected chi connectivity index (χ3v) is 5.85. The summed E-state index contributed by atoms with van der Waals surface area (Å²) in [5.41, 5.74) is 4.83. The third kappa shape index (κ3) is 4.05. The Morgan fingerprint density at radius 2 is 1.45 bits per heavy atom. The molecule has 0 unspecified atom stereocenters. The lowest BCUT2D eigenvalue weighted by atomic mass is 10.0. The molecule has 0 fully saturated rings. The number of hydrogen-bond acceptors (Lipinski definition) is 5. The van der Waals surface area contributed by atoms with E-state index in [0.717, 1.165) is 35.3 Å². The number of aryl methyl sites for hydroxylation is 3. The molecule has 0 atom stereocenters. The van der Waals surface area contributed by atoms with Crippen LogP contribution in [0, 0.1) is 0 Å². The van der Waals surface area contributed by atoms with Crippen LogP contribution in [0.2, 0.25) is 0 Å². The molecule has 7 heteroatoms. The highest BCUT2D eigenvalue weighted by Crippen LogP contribution is 2.35.